The molecule has 5 nitrogen and oxygen atoms in total. The number of carbonyl (C=O) groups excluding carboxylic acids is 2. The van der Waals surface area contributed by atoms with E-state index in [9.17, 15) is 9.59 Å². The number of amides is 2. The van der Waals surface area contributed by atoms with Gasteiger partial charge in [0.25, 0.3) is 5.91 Å². The topological polar surface area (TPSA) is 62.3 Å². The van der Waals surface area contributed by atoms with Crippen molar-refractivity contribution in [3.05, 3.63) is 39.9 Å². The van der Waals surface area contributed by atoms with Crippen LogP contribution in [0.4, 0.5) is 0 Å². The Hall–Kier alpha value is -2.21. The third kappa shape index (κ3) is 5.24. The maximum Gasteiger partial charge on any atom is 0.265 e. The molecule has 0 aliphatic carbocycles. The van der Waals surface area contributed by atoms with Crippen molar-refractivity contribution in [3.63, 3.8) is 0 Å². The summed E-state index contributed by atoms with van der Waals surface area (Å²) in [7, 11) is 0. The number of thiazole rings is 1. The third-order valence-corrected chi connectivity index (χ3v) is 6.65. The molecule has 1 aliphatic heterocycles. The van der Waals surface area contributed by atoms with E-state index in [2.05, 4.69) is 37.4 Å². The number of benzene rings is 1. The minimum absolute atomic E-state index is 0.0700. The predicted octanol–water partition coefficient (Wildman–Crippen LogP) is 4.50. The lowest BCUT2D eigenvalue weighted by molar-refractivity contribution is -0.121. The molecule has 3 rings (SSSR count). The minimum Gasteiger partial charge on any atom is -0.356 e. The summed E-state index contributed by atoms with van der Waals surface area (Å²) in [6.07, 6.45) is 3.44. The summed E-state index contributed by atoms with van der Waals surface area (Å²) in [5, 5.41) is 3.92. The monoisotopic (exact) mass is 413 g/mol. The van der Waals surface area contributed by atoms with Gasteiger partial charge in [0, 0.05) is 31.6 Å². The van der Waals surface area contributed by atoms with Gasteiger partial charge in [-0.3, -0.25) is 9.59 Å². The molecule has 0 radical (unpaired) electrons. The SMILES string of the molecule is CCCC(=O)NC[C@H]1CCCN(C(=O)c2sc(-c3ccc(C)cc3C)nc2C)C1. The molecule has 156 valence electrons. The Morgan fingerprint density at radius 2 is 2.07 bits per heavy atom. The first-order chi connectivity index (χ1) is 13.9. The van der Waals surface area contributed by atoms with Crippen molar-refractivity contribution >= 4 is 23.2 Å². The lowest BCUT2D eigenvalue weighted by Crippen LogP contribution is -2.43. The van der Waals surface area contributed by atoms with Crippen LogP contribution in [-0.4, -0.2) is 41.3 Å². The van der Waals surface area contributed by atoms with Gasteiger partial charge in [0.15, 0.2) is 0 Å². The van der Waals surface area contributed by atoms with Crippen LogP contribution in [0.3, 0.4) is 0 Å². The number of nitrogens with zero attached hydrogens (tertiary/aromatic N) is 2. The van der Waals surface area contributed by atoms with Crippen molar-refractivity contribution < 1.29 is 9.59 Å². The molecule has 1 fully saturated rings. The fraction of sp³-hybridized carbons (Fsp3) is 0.522. The van der Waals surface area contributed by atoms with Gasteiger partial charge in [0.05, 0.1) is 5.69 Å². The average molecular weight is 414 g/mol. The number of aromatic nitrogens is 1. The summed E-state index contributed by atoms with van der Waals surface area (Å²) in [5.74, 6) is 0.494. The normalized spacial score (nSPS) is 16.7. The Morgan fingerprint density at radius 1 is 1.28 bits per heavy atom. The molecule has 1 N–H and O–H groups in total. The average Bonchev–Trinajstić information content (AvgIpc) is 3.07. The lowest BCUT2D eigenvalue weighted by atomic mass is 9.97. The largest absolute Gasteiger partial charge is 0.356 e. The van der Waals surface area contributed by atoms with Crippen molar-refractivity contribution in [3.8, 4) is 10.6 Å². The highest BCUT2D eigenvalue weighted by molar-refractivity contribution is 7.17. The molecular weight excluding hydrogens is 382 g/mol. The second-order valence-electron chi connectivity index (χ2n) is 8.07. The molecule has 29 heavy (non-hydrogen) atoms. The Morgan fingerprint density at radius 3 is 2.79 bits per heavy atom. The maximum absolute atomic E-state index is 13.2. The van der Waals surface area contributed by atoms with Crippen LogP contribution < -0.4 is 5.32 Å². The number of nitrogens with one attached hydrogen (secondary N) is 1. The van der Waals surface area contributed by atoms with E-state index in [1.165, 1.54) is 22.5 Å². The van der Waals surface area contributed by atoms with E-state index in [0.29, 0.717) is 25.4 Å². The predicted molar refractivity (Wildman–Crippen MR) is 118 cm³/mol. The quantitative estimate of drug-likeness (QED) is 0.758. The van der Waals surface area contributed by atoms with Crippen LogP contribution in [0.15, 0.2) is 18.2 Å². The van der Waals surface area contributed by atoms with Crippen molar-refractivity contribution in [1.82, 2.24) is 15.2 Å². The van der Waals surface area contributed by atoms with E-state index >= 15 is 0 Å². The number of rotatable bonds is 6. The van der Waals surface area contributed by atoms with Crippen LogP contribution in [-0.2, 0) is 4.79 Å². The summed E-state index contributed by atoms with van der Waals surface area (Å²) in [4.78, 5) is 32.3. The molecule has 0 unspecified atom stereocenters. The molecule has 2 amide bonds. The summed E-state index contributed by atoms with van der Waals surface area (Å²) < 4.78 is 0. The van der Waals surface area contributed by atoms with Crippen LogP contribution in [0.2, 0.25) is 0 Å². The van der Waals surface area contributed by atoms with Gasteiger partial charge >= 0.3 is 0 Å². The van der Waals surface area contributed by atoms with E-state index in [4.69, 9.17) is 4.98 Å². The van der Waals surface area contributed by atoms with E-state index < -0.39 is 0 Å². The molecule has 6 heteroatoms. The highest BCUT2D eigenvalue weighted by Gasteiger charge is 2.27. The van der Waals surface area contributed by atoms with E-state index in [0.717, 1.165) is 46.9 Å². The van der Waals surface area contributed by atoms with Gasteiger partial charge in [-0.05, 0) is 51.5 Å². The van der Waals surface area contributed by atoms with Gasteiger partial charge in [-0.15, -0.1) is 11.3 Å². The molecule has 1 atom stereocenters. The number of likely N-dealkylation sites (tertiary alicyclic amines) is 1. The van der Waals surface area contributed by atoms with Crippen molar-refractivity contribution in [2.45, 2.75) is 53.4 Å². The standard InChI is InChI=1S/C23H31N3O2S/c1-5-7-20(27)24-13-18-8-6-11-26(14-18)23(28)21-17(4)25-22(29-21)19-10-9-15(2)12-16(19)3/h9-10,12,18H,5-8,11,13-14H2,1-4H3,(H,24,27)/t18-/m1/s1. The van der Waals surface area contributed by atoms with E-state index in [1.54, 1.807) is 0 Å². The number of piperidine rings is 1. The first-order valence-corrected chi connectivity index (χ1v) is 11.3. The molecule has 0 bridgehead atoms. The van der Waals surface area contributed by atoms with Crippen LogP contribution in [0.5, 0.6) is 0 Å². The van der Waals surface area contributed by atoms with Gasteiger partial charge in [-0.2, -0.15) is 0 Å². The van der Waals surface area contributed by atoms with Crippen molar-refractivity contribution in [1.29, 1.82) is 0 Å². The zero-order valence-corrected chi connectivity index (χ0v) is 18.7. The highest BCUT2D eigenvalue weighted by Crippen LogP contribution is 2.32. The Bertz CT molecular complexity index is 890. The first-order valence-electron chi connectivity index (χ1n) is 10.5. The molecule has 0 saturated carbocycles. The third-order valence-electron chi connectivity index (χ3n) is 5.47. The number of hydrogen-bond donors (Lipinski definition) is 1. The van der Waals surface area contributed by atoms with E-state index in [-0.39, 0.29) is 11.8 Å². The van der Waals surface area contributed by atoms with Crippen LogP contribution in [0.1, 0.15) is 59.1 Å². The summed E-state index contributed by atoms with van der Waals surface area (Å²) >= 11 is 1.49. The van der Waals surface area contributed by atoms with Crippen LogP contribution >= 0.6 is 11.3 Å². The molecule has 1 aliphatic rings. The summed E-state index contributed by atoms with van der Waals surface area (Å²) in [6, 6.07) is 6.32. The van der Waals surface area contributed by atoms with Gasteiger partial charge in [-0.1, -0.05) is 30.7 Å². The van der Waals surface area contributed by atoms with Crippen LogP contribution in [0, 0.1) is 26.7 Å². The fourth-order valence-corrected chi connectivity index (χ4v) is 5.02. The molecule has 2 heterocycles. The Labute approximate surface area is 177 Å². The number of aryl methyl sites for hydroxylation is 3. The molecule has 0 spiro atoms. The van der Waals surface area contributed by atoms with Gasteiger partial charge < -0.3 is 10.2 Å². The second-order valence-corrected chi connectivity index (χ2v) is 9.06. The maximum atomic E-state index is 13.2. The molecular formula is C23H31N3O2S. The smallest absolute Gasteiger partial charge is 0.265 e. The molecule has 1 aromatic heterocycles. The Kier molecular flexibility index (Phi) is 7.06. The zero-order chi connectivity index (χ0) is 21.0. The van der Waals surface area contributed by atoms with E-state index in [1.807, 2.05) is 18.7 Å². The van der Waals surface area contributed by atoms with Gasteiger partial charge in [0.1, 0.15) is 9.88 Å². The molecule has 1 aromatic carbocycles. The first kappa shape index (κ1) is 21.5. The fourth-order valence-electron chi connectivity index (χ4n) is 3.90. The van der Waals surface area contributed by atoms with Crippen molar-refractivity contribution in [2.75, 3.05) is 19.6 Å². The number of hydrogen-bond acceptors (Lipinski definition) is 4. The van der Waals surface area contributed by atoms with Gasteiger partial charge in [-0.25, -0.2) is 4.98 Å². The lowest BCUT2D eigenvalue weighted by Gasteiger charge is -2.32. The second kappa shape index (κ2) is 9.53. The van der Waals surface area contributed by atoms with Gasteiger partial charge in [0.2, 0.25) is 5.91 Å². The molecule has 2 aromatic rings. The summed E-state index contributed by atoms with van der Waals surface area (Å²) in [5.41, 5.74) is 4.30. The molecule has 1 saturated heterocycles. The highest BCUT2D eigenvalue weighted by atomic mass is 32.1. The van der Waals surface area contributed by atoms with Crippen molar-refractivity contribution in [2.24, 2.45) is 5.92 Å². The zero-order valence-electron chi connectivity index (χ0n) is 17.9. The minimum atomic E-state index is 0.0700. The Balaban J connectivity index is 1.70. The van der Waals surface area contributed by atoms with Crippen LogP contribution in [0.25, 0.3) is 10.6 Å². The summed E-state index contributed by atoms with van der Waals surface area (Å²) in [6.45, 7) is 10.2. The number of carbonyl (C=O) groups is 2.